The van der Waals surface area contributed by atoms with E-state index >= 15 is 0 Å². The zero-order valence-corrected chi connectivity index (χ0v) is 4.51. The molecule has 4 heteroatoms. The Kier molecular flexibility index (Phi) is 2.92. The molecule has 0 aromatic carbocycles. The summed E-state index contributed by atoms with van der Waals surface area (Å²) in [5, 5.41) is 0. The average molecular weight is 112 g/mol. The predicted molar refractivity (Wildman–Crippen MR) is 27.6 cm³/mol. The van der Waals surface area contributed by atoms with Gasteiger partial charge in [-0.15, -0.1) is 0 Å². The number of carbonyl (C=O) groups is 2. The van der Waals surface area contributed by atoms with Crippen LogP contribution in [0.4, 0.5) is 0 Å². The van der Waals surface area contributed by atoms with Gasteiger partial charge in [-0.25, -0.2) is 4.79 Å². The Morgan fingerprint density at radius 1 is 1.62 bits per heavy atom. The van der Waals surface area contributed by atoms with E-state index in [1.54, 1.807) is 0 Å². The summed E-state index contributed by atoms with van der Waals surface area (Å²) in [6.07, 6.45) is -0.285. The highest BCUT2D eigenvalue weighted by Gasteiger charge is 2.08. The lowest BCUT2D eigenvalue weighted by molar-refractivity contribution is -0.150. The number of hydrogen-bond donors (Lipinski definition) is 0. The van der Waals surface area contributed by atoms with Gasteiger partial charge in [0, 0.05) is 0 Å². The van der Waals surface area contributed by atoms with Crippen LogP contribution >= 0.6 is 0 Å². The number of ketones is 1. The number of carbonyl (C=O) groups excluding carboxylic acids is 2. The zero-order valence-electron chi connectivity index (χ0n) is 4.51. The van der Waals surface area contributed by atoms with Crippen molar-refractivity contribution in [3.05, 3.63) is 0 Å². The van der Waals surface area contributed by atoms with Crippen molar-refractivity contribution >= 4 is 19.6 Å². The van der Waals surface area contributed by atoms with Crippen LogP contribution in [0.25, 0.3) is 0 Å². The van der Waals surface area contributed by atoms with Crippen LogP contribution in [0.1, 0.15) is 0 Å². The van der Waals surface area contributed by atoms with Gasteiger partial charge >= 0.3 is 5.97 Å². The summed E-state index contributed by atoms with van der Waals surface area (Å²) in [6.45, 7) is 0. The van der Waals surface area contributed by atoms with Gasteiger partial charge in [-0.2, -0.15) is 0 Å². The summed E-state index contributed by atoms with van der Waals surface area (Å²) in [4.78, 5) is 20.2. The quantitative estimate of drug-likeness (QED) is 0.270. The van der Waals surface area contributed by atoms with E-state index in [1.807, 2.05) is 0 Å². The lowest BCUT2D eigenvalue weighted by Crippen LogP contribution is -2.13. The molecule has 8 heavy (non-hydrogen) atoms. The maximum absolute atomic E-state index is 10.1. The number of esters is 1. The summed E-state index contributed by atoms with van der Waals surface area (Å²) in [5.41, 5.74) is 0. The smallest absolute Gasteiger partial charge is 0.373 e. The van der Waals surface area contributed by atoms with E-state index in [1.165, 1.54) is 0 Å². The molecule has 3 nitrogen and oxygen atoms in total. The minimum absolute atomic E-state index is 0.285. The molecular formula is C4H5BO3. The molecule has 0 saturated carbocycles. The Balaban J connectivity index is 3.64. The summed E-state index contributed by atoms with van der Waals surface area (Å²) in [6, 6.07) is 0. The van der Waals surface area contributed by atoms with Gasteiger partial charge < -0.3 is 4.74 Å². The molecule has 0 aliphatic heterocycles. The fourth-order valence-electron chi connectivity index (χ4n) is 0.197. The topological polar surface area (TPSA) is 43.4 Å². The summed E-state index contributed by atoms with van der Waals surface area (Å²) >= 11 is 0. The SMILES string of the molecule is [B]CC(=O)C(=O)OC. The van der Waals surface area contributed by atoms with Crippen molar-refractivity contribution in [1.82, 2.24) is 0 Å². The first kappa shape index (κ1) is 7.20. The van der Waals surface area contributed by atoms with Gasteiger partial charge in [-0.3, -0.25) is 4.79 Å². The molecule has 0 atom stereocenters. The highest BCUT2D eigenvalue weighted by atomic mass is 16.5. The molecule has 0 amide bonds. The van der Waals surface area contributed by atoms with Gasteiger partial charge in [0.15, 0.2) is 0 Å². The first-order valence-electron chi connectivity index (χ1n) is 2.03. The zero-order chi connectivity index (χ0) is 6.57. The second-order valence-corrected chi connectivity index (χ2v) is 1.12. The van der Waals surface area contributed by atoms with Crippen LogP contribution in [-0.4, -0.2) is 26.7 Å². The number of rotatable bonds is 2. The van der Waals surface area contributed by atoms with Crippen molar-refractivity contribution in [2.45, 2.75) is 6.32 Å². The standard InChI is InChI=1S/C4H5BO3/c1-8-4(7)3(6)2-5/h2H2,1H3. The van der Waals surface area contributed by atoms with Crippen molar-refractivity contribution in [3.63, 3.8) is 0 Å². The van der Waals surface area contributed by atoms with Crippen molar-refractivity contribution in [2.24, 2.45) is 0 Å². The van der Waals surface area contributed by atoms with Crippen LogP contribution in [0.2, 0.25) is 6.32 Å². The molecule has 0 spiro atoms. The molecule has 0 aliphatic carbocycles. The molecule has 0 heterocycles. The largest absolute Gasteiger partial charge is 0.463 e. The number of hydrogen-bond acceptors (Lipinski definition) is 3. The van der Waals surface area contributed by atoms with E-state index in [-0.39, 0.29) is 6.32 Å². The van der Waals surface area contributed by atoms with Gasteiger partial charge in [-0.1, -0.05) is 0 Å². The van der Waals surface area contributed by atoms with Crippen LogP contribution in [0.15, 0.2) is 0 Å². The van der Waals surface area contributed by atoms with E-state index in [4.69, 9.17) is 7.85 Å². The molecule has 0 N–H and O–H groups in total. The van der Waals surface area contributed by atoms with Crippen molar-refractivity contribution < 1.29 is 14.3 Å². The maximum atomic E-state index is 10.1. The van der Waals surface area contributed by atoms with Crippen LogP contribution in [0.3, 0.4) is 0 Å². The third-order valence-electron chi connectivity index (χ3n) is 0.598. The molecule has 2 radical (unpaired) electrons. The summed E-state index contributed by atoms with van der Waals surface area (Å²) in [7, 11) is 5.93. The fourth-order valence-corrected chi connectivity index (χ4v) is 0.197. The molecule has 0 unspecified atom stereocenters. The predicted octanol–water partition coefficient (Wildman–Crippen LogP) is -0.685. The van der Waals surface area contributed by atoms with Crippen LogP contribution in [0, 0.1) is 0 Å². The van der Waals surface area contributed by atoms with Gasteiger partial charge in [0.05, 0.1) is 15.0 Å². The van der Waals surface area contributed by atoms with Gasteiger partial charge in [0.25, 0.3) is 0 Å². The monoisotopic (exact) mass is 112 g/mol. The Bertz CT molecular complexity index is 95.9. The van der Waals surface area contributed by atoms with E-state index in [0.717, 1.165) is 7.11 Å². The molecular weight excluding hydrogens is 107 g/mol. The first-order chi connectivity index (χ1) is 3.72. The van der Waals surface area contributed by atoms with Crippen LogP contribution in [0.5, 0.6) is 0 Å². The lowest BCUT2D eigenvalue weighted by atomic mass is 10.0. The minimum Gasteiger partial charge on any atom is -0.463 e. The third kappa shape index (κ3) is 1.77. The number of ether oxygens (including phenoxy) is 1. The van der Waals surface area contributed by atoms with Gasteiger partial charge in [0.1, 0.15) is 0 Å². The van der Waals surface area contributed by atoms with Crippen molar-refractivity contribution in [3.8, 4) is 0 Å². The summed E-state index contributed by atoms with van der Waals surface area (Å²) < 4.78 is 4.03. The van der Waals surface area contributed by atoms with Crippen LogP contribution in [-0.2, 0) is 14.3 Å². The normalized spacial score (nSPS) is 8.12. The van der Waals surface area contributed by atoms with E-state index < -0.39 is 11.8 Å². The average Bonchev–Trinajstić information content (AvgIpc) is 1.84. The highest BCUT2D eigenvalue weighted by molar-refractivity contribution is 6.42. The van der Waals surface area contributed by atoms with E-state index in [0.29, 0.717) is 0 Å². The Morgan fingerprint density at radius 2 is 2.12 bits per heavy atom. The third-order valence-corrected chi connectivity index (χ3v) is 0.598. The second kappa shape index (κ2) is 3.24. The van der Waals surface area contributed by atoms with E-state index in [9.17, 15) is 9.59 Å². The lowest BCUT2D eigenvalue weighted by Gasteiger charge is -1.90. The number of Topliss-reactive ketones (excluding diaryl/α,β-unsaturated/α-hetero) is 1. The van der Waals surface area contributed by atoms with Gasteiger partial charge in [-0.05, 0) is 6.32 Å². The van der Waals surface area contributed by atoms with Crippen molar-refractivity contribution in [2.75, 3.05) is 7.11 Å². The van der Waals surface area contributed by atoms with Crippen molar-refractivity contribution in [1.29, 1.82) is 0 Å². The molecule has 42 valence electrons. The Morgan fingerprint density at radius 3 is 2.25 bits per heavy atom. The maximum Gasteiger partial charge on any atom is 0.373 e. The highest BCUT2D eigenvalue weighted by Crippen LogP contribution is 1.80. The van der Waals surface area contributed by atoms with E-state index in [2.05, 4.69) is 4.74 Å². The van der Waals surface area contributed by atoms with Crippen LogP contribution < -0.4 is 0 Å². The molecule has 0 aromatic heterocycles. The molecule has 0 saturated heterocycles. The molecule has 0 bridgehead atoms. The Labute approximate surface area is 48.4 Å². The molecule has 0 fully saturated rings. The molecule has 0 aromatic rings. The fraction of sp³-hybridized carbons (Fsp3) is 0.500. The minimum atomic E-state index is -0.882. The van der Waals surface area contributed by atoms with Gasteiger partial charge in [0.2, 0.25) is 5.78 Å². The Hall–Kier alpha value is -0.795. The number of methoxy groups -OCH3 is 1. The first-order valence-corrected chi connectivity index (χ1v) is 2.03. The molecule has 0 aliphatic rings. The molecule has 0 rings (SSSR count). The summed E-state index contributed by atoms with van der Waals surface area (Å²) in [5.74, 6) is -1.58. The second-order valence-electron chi connectivity index (χ2n) is 1.12.